The van der Waals surface area contributed by atoms with Crippen molar-refractivity contribution in [1.82, 2.24) is 10.5 Å². The van der Waals surface area contributed by atoms with E-state index in [1.54, 1.807) is 11.3 Å². The third-order valence-electron chi connectivity index (χ3n) is 2.60. The average Bonchev–Trinajstić information content (AvgIpc) is 2.77. The van der Waals surface area contributed by atoms with Crippen LogP contribution < -0.4 is 5.48 Å². The van der Waals surface area contributed by atoms with Crippen molar-refractivity contribution in [2.45, 2.75) is 25.7 Å². The summed E-state index contributed by atoms with van der Waals surface area (Å²) in [6, 6.07) is 8.14. The summed E-state index contributed by atoms with van der Waals surface area (Å²) in [5.74, 6) is -0.0678. The summed E-state index contributed by atoms with van der Waals surface area (Å²) < 4.78 is 1.23. The van der Waals surface area contributed by atoms with Gasteiger partial charge in [-0.3, -0.25) is 9.63 Å². The molecule has 1 heterocycles. The first-order chi connectivity index (χ1) is 8.79. The molecule has 0 aliphatic carbocycles. The molecule has 96 valence electrons. The molecule has 0 aliphatic rings. The van der Waals surface area contributed by atoms with Gasteiger partial charge in [0.1, 0.15) is 0 Å². The first-order valence-corrected chi connectivity index (χ1v) is 6.77. The first-order valence-electron chi connectivity index (χ1n) is 5.96. The van der Waals surface area contributed by atoms with Gasteiger partial charge in [-0.15, -0.1) is 11.3 Å². The fourth-order valence-corrected chi connectivity index (χ4v) is 2.76. The van der Waals surface area contributed by atoms with Gasteiger partial charge in [-0.25, -0.2) is 10.5 Å². The normalized spacial score (nSPS) is 10.7. The number of unbranched alkanes of at least 4 members (excludes halogenated alkanes) is 1. The van der Waals surface area contributed by atoms with E-state index in [4.69, 9.17) is 0 Å². The number of hydroxylamine groups is 1. The fraction of sp³-hybridized carbons (Fsp3) is 0.385. The minimum absolute atomic E-state index is 0.0678. The molecule has 4 nitrogen and oxygen atoms in total. The van der Waals surface area contributed by atoms with Crippen molar-refractivity contribution in [3.05, 3.63) is 29.3 Å². The molecule has 1 aromatic carbocycles. The molecule has 1 amide bonds. The number of thiazole rings is 1. The van der Waals surface area contributed by atoms with Crippen LogP contribution in [0.1, 0.15) is 24.3 Å². The van der Waals surface area contributed by atoms with Crippen LogP contribution in [0, 0.1) is 0 Å². The Morgan fingerprint density at radius 2 is 2.22 bits per heavy atom. The number of carbonyl (C=O) groups excluding carboxylic acids is 1. The lowest BCUT2D eigenvalue weighted by Crippen LogP contribution is -2.21. The molecule has 0 fully saturated rings. The number of para-hydroxylation sites is 1. The van der Waals surface area contributed by atoms with Crippen LogP contribution in [0.15, 0.2) is 24.3 Å². The summed E-state index contributed by atoms with van der Waals surface area (Å²) in [5, 5.41) is 1.14. The highest BCUT2D eigenvalue weighted by molar-refractivity contribution is 7.18. The number of hydrogen-bond acceptors (Lipinski definition) is 4. The van der Waals surface area contributed by atoms with E-state index in [0.29, 0.717) is 6.42 Å². The quantitative estimate of drug-likeness (QED) is 0.644. The standard InChI is InChI=1S/C13H16N2O2S/c1-17-15-12(16)8-4-5-9-13-14-10-6-2-3-7-11(10)18-13/h2-3,6-7H,4-5,8-9H2,1H3,(H,15,16). The van der Waals surface area contributed by atoms with Gasteiger partial charge in [0.05, 0.1) is 22.3 Å². The van der Waals surface area contributed by atoms with Crippen LogP contribution in [-0.4, -0.2) is 18.0 Å². The van der Waals surface area contributed by atoms with E-state index >= 15 is 0 Å². The second kappa shape index (κ2) is 6.47. The Balaban J connectivity index is 1.78. The maximum atomic E-state index is 11.1. The number of rotatable bonds is 6. The molecule has 2 rings (SSSR count). The Bertz CT molecular complexity index is 491. The Kier molecular flexibility index (Phi) is 4.66. The molecule has 1 aromatic heterocycles. The number of aromatic nitrogens is 1. The smallest absolute Gasteiger partial charge is 0.243 e. The molecule has 0 aliphatic heterocycles. The van der Waals surface area contributed by atoms with Gasteiger partial charge in [0.15, 0.2) is 0 Å². The fourth-order valence-electron chi connectivity index (χ4n) is 1.75. The number of amides is 1. The molecule has 0 saturated carbocycles. The van der Waals surface area contributed by atoms with Crippen molar-refractivity contribution in [2.24, 2.45) is 0 Å². The Hall–Kier alpha value is -1.46. The van der Waals surface area contributed by atoms with Crippen molar-refractivity contribution < 1.29 is 9.63 Å². The SMILES string of the molecule is CONC(=O)CCCCc1nc2ccccc2s1. The second-order valence-corrected chi connectivity index (χ2v) is 5.13. The van der Waals surface area contributed by atoms with Crippen LogP contribution in [-0.2, 0) is 16.1 Å². The predicted octanol–water partition coefficient (Wildman–Crippen LogP) is 2.69. The molecule has 2 aromatic rings. The van der Waals surface area contributed by atoms with Gasteiger partial charge >= 0.3 is 0 Å². The highest BCUT2D eigenvalue weighted by atomic mass is 32.1. The molecule has 0 atom stereocenters. The Morgan fingerprint density at radius 1 is 1.39 bits per heavy atom. The van der Waals surface area contributed by atoms with Crippen molar-refractivity contribution in [2.75, 3.05) is 7.11 Å². The minimum Gasteiger partial charge on any atom is -0.277 e. The maximum absolute atomic E-state index is 11.1. The average molecular weight is 264 g/mol. The summed E-state index contributed by atoms with van der Waals surface area (Å²) in [6.07, 6.45) is 3.25. The van der Waals surface area contributed by atoms with Gasteiger partial charge in [0.25, 0.3) is 0 Å². The van der Waals surface area contributed by atoms with Gasteiger partial charge in [-0.2, -0.15) is 0 Å². The zero-order valence-electron chi connectivity index (χ0n) is 10.3. The van der Waals surface area contributed by atoms with Gasteiger partial charge in [0.2, 0.25) is 5.91 Å². The van der Waals surface area contributed by atoms with Crippen molar-refractivity contribution in [3.8, 4) is 0 Å². The summed E-state index contributed by atoms with van der Waals surface area (Å²) in [6.45, 7) is 0. The lowest BCUT2D eigenvalue weighted by atomic mass is 10.2. The van der Waals surface area contributed by atoms with Crippen LogP contribution in [0.5, 0.6) is 0 Å². The number of hydrogen-bond donors (Lipinski definition) is 1. The van der Waals surface area contributed by atoms with E-state index in [2.05, 4.69) is 21.4 Å². The van der Waals surface area contributed by atoms with E-state index in [-0.39, 0.29) is 5.91 Å². The van der Waals surface area contributed by atoms with Crippen molar-refractivity contribution in [1.29, 1.82) is 0 Å². The van der Waals surface area contributed by atoms with Crippen molar-refractivity contribution in [3.63, 3.8) is 0 Å². The molecule has 0 radical (unpaired) electrons. The number of nitrogens with zero attached hydrogens (tertiary/aromatic N) is 1. The molecular weight excluding hydrogens is 248 g/mol. The van der Waals surface area contributed by atoms with E-state index in [1.807, 2.05) is 18.2 Å². The maximum Gasteiger partial charge on any atom is 0.243 e. The molecule has 5 heteroatoms. The number of nitrogens with one attached hydrogen (secondary N) is 1. The van der Waals surface area contributed by atoms with Crippen LogP contribution in [0.4, 0.5) is 0 Å². The largest absolute Gasteiger partial charge is 0.277 e. The zero-order valence-corrected chi connectivity index (χ0v) is 11.1. The summed E-state index contributed by atoms with van der Waals surface area (Å²) in [4.78, 5) is 20.3. The molecule has 0 unspecified atom stereocenters. The monoisotopic (exact) mass is 264 g/mol. The van der Waals surface area contributed by atoms with Gasteiger partial charge < -0.3 is 0 Å². The number of aryl methyl sites for hydroxylation is 1. The highest BCUT2D eigenvalue weighted by Gasteiger charge is 2.04. The number of benzene rings is 1. The van der Waals surface area contributed by atoms with Gasteiger partial charge in [0, 0.05) is 6.42 Å². The van der Waals surface area contributed by atoms with Crippen molar-refractivity contribution >= 4 is 27.5 Å². The lowest BCUT2D eigenvalue weighted by molar-refractivity contribution is -0.131. The van der Waals surface area contributed by atoms with Crippen LogP contribution >= 0.6 is 11.3 Å². The molecule has 0 saturated heterocycles. The first kappa shape index (κ1) is 13.0. The Labute approximate surface area is 110 Å². The third kappa shape index (κ3) is 3.51. The van der Waals surface area contributed by atoms with Crippen LogP contribution in [0.2, 0.25) is 0 Å². The minimum atomic E-state index is -0.0678. The topological polar surface area (TPSA) is 51.2 Å². The van der Waals surface area contributed by atoms with Gasteiger partial charge in [-0.05, 0) is 31.4 Å². The van der Waals surface area contributed by atoms with E-state index in [0.717, 1.165) is 29.8 Å². The Morgan fingerprint density at radius 3 is 3.00 bits per heavy atom. The van der Waals surface area contributed by atoms with Gasteiger partial charge in [-0.1, -0.05) is 12.1 Å². The van der Waals surface area contributed by atoms with E-state index in [1.165, 1.54) is 11.8 Å². The van der Waals surface area contributed by atoms with Crippen LogP contribution in [0.3, 0.4) is 0 Å². The zero-order chi connectivity index (χ0) is 12.8. The predicted molar refractivity (Wildman–Crippen MR) is 72.3 cm³/mol. The van der Waals surface area contributed by atoms with E-state index < -0.39 is 0 Å². The highest BCUT2D eigenvalue weighted by Crippen LogP contribution is 2.22. The molecule has 0 spiro atoms. The molecule has 1 N–H and O–H groups in total. The second-order valence-electron chi connectivity index (χ2n) is 4.01. The summed E-state index contributed by atoms with van der Waals surface area (Å²) in [7, 11) is 1.44. The number of carbonyl (C=O) groups is 1. The van der Waals surface area contributed by atoms with E-state index in [9.17, 15) is 4.79 Å². The van der Waals surface area contributed by atoms with Crippen LogP contribution in [0.25, 0.3) is 10.2 Å². The number of fused-ring (bicyclic) bond motifs is 1. The summed E-state index contributed by atoms with van der Waals surface area (Å²) in [5.41, 5.74) is 3.38. The third-order valence-corrected chi connectivity index (χ3v) is 3.69. The molecular formula is C13H16N2O2S. The molecule has 0 bridgehead atoms. The summed E-state index contributed by atoms with van der Waals surface area (Å²) >= 11 is 1.73. The lowest BCUT2D eigenvalue weighted by Gasteiger charge is -2.00. The molecule has 18 heavy (non-hydrogen) atoms.